The molecule has 0 bridgehead atoms. The smallest absolute Gasteiger partial charge is 0.234 e. The number of fused-ring (bicyclic) bond motifs is 1. The first-order valence-corrected chi connectivity index (χ1v) is 7.05. The summed E-state index contributed by atoms with van der Waals surface area (Å²) in [4.78, 5) is 11.2. The van der Waals surface area contributed by atoms with Gasteiger partial charge in [-0.25, -0.2) is 9.97 Å². The average Bonchev–Trinajstić information content (AvgIpc) is 3.17. The van der Waals surface area contributed by atoms with E-state index in [0.29, 0.717) is 0 Å². The molecular weight excluding hydrogens is 248 g/mol. The third-order valence-electron chi connectivity index (χ3n) is 3.87. The molecule has 3 heterocycles. The molecular formula is C16H16N4. The summed E-state index contributed by atoms with van der Waals surface area (Å²) in [5, 5.41) is 0. The standard InChI is InChI=1S/C16H16N4/c1-2-10-19(9-1)14-6-4-13(5-7-14)15-12-20-11-3-8-17-16(20)18-15/h3-8,11-12H,1-2,9-10H2. The maximum atomic E-state index is 4.55. The Hall–Kier alpha value is -2.36. The molecule has 3 aromatic rings. The predicted octanol–water partition coefficient (Wildman–Crippen LogP) is 3.00. The Kier molecular flexibility index (Phi) is 2.66. The number of anilines is 1. The van der Waals surface area contributed by atoms with Crippen molar-refractivity contribution < 1.29 is 0 Å². The van der Waals surface area contributed by atoms with Gasteiger partial charge in [-0.05, 0) is 31.0 Å². The van der Waals surface area contributed by atoms with Crippen molar-refractivity contribution >= 4 is 11.5 Å². The fourth-order valence-corrected chi connectivity index (χ4v) is 2.79. The minimum Gasteiger partial charge on any atom is -0.372 e. The van der Waals surface area contributed by atoms with E-state index < -0.39 is 0 Å². The lowest BCUT2D eigenvalue weighted by atomic mass is 10.1. The minimum absolute atomic E-state index is 0.742. The van der Waals surface area contributed by atoms with Crippen molar-refractivity contribution in [3.8, 4) is 11.3 Å². The minimum atomic E-state index is 0.742. The van der Waals surface area contributed by atoms with E-state index in [-0.39, 0.29) is 0 Å². The molecule has 20 heavy (non-hydrogen) atoms. The maximum Gasteiger partial charge on any atom is 0.234 e. The molecule has 0 aliphatic carbocycles. The first kappa shape index (κ1) is 11.5. The topological polar surface area (TPSA) is 33.4 Å². The first-order valence-electron chi connectivity index (χ1n) is 7.05. The lowest BCUT2D eigenvalue weighted by Crippen LogP contribution is -2.17. The normalized spacial score (nSPS) is 15.1. The third-order valence-corrected chi connectivity index (χ3v) is 3.87. The van der Waals surface area contributed by atoms with E-state index >= 15 is 0 Å². The van der Waals surface area contributed by atoms with Crippen LogP contribution in [0.3, 0.4) is 0 Å². The van der Waals surface area contributed by atoms with Gasteiger partial charge in [-0.3, -0.25) is 4.40 Å². The van der Waals surface area contributed by atoms with Gasteiger partial charge in [0.1, 0.15) is 0 Å². The van der Waals surface area contributed by atoms with Crippen molar-refractivity contribution in [3.63, 3.8) is 0 Å². The van der Waals surface area contributed by atoms with E-state index in [4.69, 9.17) is 0 Å². The second-order valence-corrected chi connectivity index (χ2v) is 5.19. The van der Waals surface area contributed by atoms with Crippen LogP contribution in [0.1, 0.15) is 12.8 Å². The molecule has 1 saturated heterocycles. The number of hydrogen-bond donors (Lipinski definition) is 0. The van der Waals surface area contributed by atoms with Gasteiger partial charge in [0.15, 0.2) is 0 Å². The van der Waals surface area contributed by atoms with E-state index in [1.807, 2.05) is 22.9 Å². The Morgan fingerprint density at radius 2 is 1.80 bits per heavy atom. The van der Waals surface area contributed by atoms with Gasteiger partial charge in [-0.15, -0.1) is 0 Å². The van der Waals surface area contributed by atoms with Crippen LogP contribution in [-0.2, 0) is 0 Å². The number of hydrogen-bond acceptors (Lipinski definition) is 3. The van der Waals surface area contributed by atoms with E-state index in [9.17, 15) is 0 Å². The molecule has 2 aromatic heterocycles. The third kappa shape index (κ3) is 1.93. The molecule has 4 heteroatoms. The molecule has 0 unspecified atom stereocenters. The highest BCUT2D eigenvalue weighted by Gasteiger charge is 2.12. The lowest BCUT2D eigenvalue weighted by molar-refractivity contribution is 0.949. The number of benzene rings is 1. The summed E-state index contributed by atoms with van der Waals surface area (Å²) >= 11 is 0. The molecule has 0 saturated carbocycles. The second kappa shape index (κ2) is 4.63. The average molecular weight is 264 g/mol. The highest BCUT2D eigenvalue weighted by molar-refractivity contribution is 5.64. The van der Waals surface area contributed by atoms with Gasteiger partial charge in [-0.1, -0.05) is 12.1 Å². The van der Waals surface area contributed by atoms with Crippen LogP contribution in [0.4, 0.5) is 5.69 Å². The number of nitrogens with zero attached hydrogens (tertiary/aromatic N) is 4. The van der Waals surface area contributed by atoms with Crippen LogP contribution in [0.5, 0.6) is 0 Å². The zero-order valence-corrected chi connectivity index (χ0v) is 11.2. The molecule has 0 amide bonds. The summed E-state index contributed by atoms with van der Waals surface area (Å²) in [5.74, 6) is 0.742. The second-order valence-electron chi connectivity index (χ2n) is 5.19. The SMILES string of the molecule is c1cnc2nc(-c3ccc(N4CCCC4)cc3)cn2c1. The zero-order chi connectivity index (χ0) is 13.4. The number of imidazole rings is 1. The molecule has 1 fully saturated rings. The Bertz CT molecular complexity index is 691. The quantitative estimate of drug-likeness (QED) is 0.713. The summed E-state index contributed by atoms with van der Waals surface area (Å²) in [6, 6.07) is 10.6. The van der Waals surface area contributed by atoms with E-state index in [2.05, 4.69) is 39.1 Å². The van der Waals surface area contributed by atoms with Gasteiger partial charge in [-0.2, -0.15) is 0 Å². The molecule has 1 aliphatic heterocycles. The predicted molar refractivity (Wildman–Crippen MR) is 79.9 cm³/mol. The Morgan fingerprint density at radius 3 is 2.55 bits per heavy atom. The summed E-state index contributed by atoms with van der Waals surface area (Å²) < 4.78 is 1.95. The van der Waals surface area contributed by atoms with Crippen LogP contribution >= 0.6 is 0 Å². The van der Waals surface area contributed by atoms with Gasteiger partial charge in [0.25, 0.3) is 0 Å². The van der Waals surface area contributed by atoms with Crippen molar-refractivity contribution in [2.45, 2.75) is 12.8 Å². The fourth-order valence-electron chi connectivity index (χ4n) is 2.79. The molecule has 0 radical (unpaired) electrons. The van der Waals surface area contributed by atoms with Gasteiger partial charge < -0.3 is 4.90 Å². The fraction of sp³-hybridized carbons (Fsp3) is 0.250. The number of aromatic nitrogens is 3. The first-order chi connectivity index (χ1) is 9.90. The van der Waals surface area contributed by atoms with Crippen LogP contribution in [0.15, 0.2) is 48.9 Å². The Labute approximate surface area is 117 Å². The Balaban J connectivity index is 1.67. The maximum absolute atomic E-state index is 4.55. The van der Waals surface area contributed by atoms with Gasteiger partial charge >= 0.3 is 0 Å². The molecule has 0 spiro atoms. The molecule has 1 aromatic carbocycles. The summed E-state index contributed by atoms with van der Waals surface area (Å²) in [6.07, 6.45) is 8.37. The molecule has 100 valence electrons. The van der Waals surface area contributed by atoms with Crippen LogP contribution in [0.2, 0.25) is 0 Å². The highest BCUT2D eigenvalue weighted by atomic mass is 15.1. The summed E-state index contributed by atoms with van der Waals surface area (Å²) in [6.45, 7) is 2.36. The molecule has 4 rings (SSSR count). The van der Waals surface area contributed by atoms with Gasteiger partial charge in [0.2, 0.25) is 5.78 Å². The monoisotopic (exact) mass is 264 g/mol. The molecule has 0 atom stereocenters. The Morgan fingerprint density at radius 1 is 1.00 bits per heavy atom. The van der Waals surface area contributed by atoms with Gasteiger partial charge in [0, 0.05) is 42.9 Å². The lowest BCUT2D eigenvalue weighted by Gasteiger charge is -2.17. The zero-order valence-electron chi connectivity index (χ0n) is 11.2. The van der Waals surface area contributed by atoms with E-state index in [0.717, 1.165) is 17.0 Å². The molecule has 1 aliphatic rings. The summed E-state index contributed by atoms with van der Waals surface area (Å²) in [5.41, 5.74) is 3.42. The van der Waals surface area contributed by atoms with Crippen molar-refractivity contribution in [2.24, 2.45) is 0 Å². The number of rotatable bonds is 2. The molecule has 4 nitrogen and oxygen atoms in total. The van der Waals surface area contributed by atoms with Crippen LogP contribution in [0.25, 0.3) is 17.0 Å². The highest BCUT2D eigenvalue weighted by Crippen LogP contribution is 2.24. The molecule has 0 N–H and O–H groups in total. The van der Waals surface area contributed by atoms with Crippen molar-refractivity contribution in [1.82, 2.24) is 14.4 Å². The van der Waals surface area contributed by atoms with Crippen LogP contribution in [0, 0.1) is 0 Å². The van der Waals surface area contributed by atoms with E-state index in [1.54, 1.807) is 6.20 Å². The van der Waals surface area contributed by atoms with Crippen molar-refractivity contribution in [1.29, 1.82) is 0 Å². The van der Waals surface area contributed by atoms with Crippen LogP contribution in [-0.4, -0.2) is 27.5 Å². The van der Waals surface area contributed by atoms with Crippen LogP contribution < -0.4 is 4.90 Å². The summed E-state index contributed by atoms with van der Waals surface area (Å²) in [7, 11) is 0. The van der Waals surface area contributed by atoms with Gasteiger partial charge in [0.05, 0.1) is 5.69 Å². The van der Waals surface area contributed by atoms with Crippen molar-refractivity contribution in [2.75, 3.05) is 18.0 Å². The van der Waals surface area contributed by atoms with Crippen molar-refractivity contribution in [3.05, 3.63) is 48.9 Å². The largest absolute Gasteiger partial charge is 0.372 e. The van der Waals surface area contributed by atoms with E-state index in [1.165, 1.54) is 31.6 Å².